The van der Waals surface area contributed by atoms with Gasteiger partial charge in [-0.05, 0) is 37.4 Å². The molecule has 3 heteroatoms. The Labute approximate surface area is 96.2 Å². The lowest BCUT2D eigenvalue weighted by molar-refractivity contribution is -0.118. The molecule has 0 aliphatic carbocycles. The first-order valence-corrected chi connectivity index (χ1v) is 5.91. The molecule has 0 saturated carbocycles. The molecule has 0 saturated heterocycles. The quantitative estimate of drug-likeness (QED) is 0.839. The van der Waals surface area contributed by atoms with E-state index in [4.69, 9.17) is 5.73 Å². The molecule has 0 spiro atoms. The smallest absolute Gasteiger partial charge is 0.226 e. The number of aryl methyl sites for hydroxylation is 1. The molecule has 1 aliphatic rings. The molecule has 0 bridgehead atoms. The first kappa shape index (κ1) is 11.1. The molecule has 2 N–H and O–H groups in total. The van der Waals surface area contributed by atoms with Gasteiger partial charge in [0.2, 0.25) is 5.91 Å². The van der Waals surface area contributed by atoms with E-state index in [9.17, 15) is 4.79 Å². The number of amides is 1. The van der Waals surface area contributed by atoms with E-state index in [1.165, 1.54) is 5.56 Å². The van der Waals surface area contributed by atoms with Crippen LogP contribution in [0.3, 0.4) is 0 Å². The van der Waals surface area contributed by atoms with Crippen molar-refractivity contribution in [2.75, 3.05) is 18.0 Å². The van der Waals surface area contributed by atoms with Crippen LogP contribution in [0.1, 0.15) is 24.8 Å². The predicted molar refractivity (Wildman–Crippen MR) is 65.4 cm³/mol. The standard InChI is InChI=1S/C13H18N2O/c14-9-4-10-15-12-7-2-1-5-11(12)6-3-8-13(15)16/h1-2,5,7H,3-4,6,8-10,14H2. The Bertz CT molecular complexity index is 376. The summed E-state index contributed by atoms with van der Waals surface area (Å²) in [6.07, 6.45) is 3.47. The van der Waals surface area contributed by atoms with Crippen LogP contribution >= 0.6 is 0 Å². The fraction of sp³-hybridized carbons (Fsp3) is 0.462. The lowest BCUT2D eigenvalue weighted by Gasteiger charge is -2.22. The number of fused-ring (bicyclic) bond motifs is 1. The summed E-state index contributed by atoms with van der Waals surface area (Å²) in [7, 11) is 0. The summed E-state index contributed by atoms with van der Waals surface area (Å²) in [5.74, 6) is 0.235. The molecular formula is C13H18N2O. The highest BCUT2D eigenvalue weighted by Gasteiger charge is 2.20. The highest BCUT2D eigenvalue weighted by molar-refractivity contribution is 5.94. The van der Waals surface area contributed by atoms with Crippen molar-refractivity contribution in [2.45, 2.75) is 25.7 Å². The summed E-state index contributed by atoms with van der Waals surface area (Å²) in [6, 6.07) is 8.18. The Kier molecular flexibility index (Phi) is 3.57. The minimum Gasteiger partial charge on any atom is -0.330 e. The monoisotopic (exact) mass is 218 g/mol. The minimum atomic E-state index is 0.235. The van der Waals surface area contributed by atoms with Gasteiger partial charge in [-0.15, -0.1) is 0 Å². The van der Waals surface area contributed by atoms with E-state index < -0.39 is 0 Å². The van der Waals surface area contributed by atoms with Gasteiger partial charge in [0.25, 0.3) is 0 Å². The third-order valence-electron chi connectivity index (χ3n) is 3.01. The first-order valence-electron chi connectivity index (χ1n) is 5.91. The van der Waals surface area contributed by atoms with Gasteiger partial charge < -0.3 is 10.6 Å². The average Bonchev–Trinajstić information content (AvgIpc) is 2.46. The van der Waals surface area contributed by atoms with Crippen LogP contribution in [-0.2, 0) is 11.2 Å². The van der Waals surface area contributed by atoms with E-state index in [-0.39, 0.29) is 5.91 Å². The number of para-hydroxylation sites is 1. The van der Waals surface area contributed by atoms with Crippen LogP contribution in [0.15, 0.2) is 24.3 Å². The van der Waals surface area contributed by atoms with Crippen molar-refractivity contribution < 1.29 is 4.79 Å². The summed E-state index contributed by atoms with van der Waals surface area (Å²) < 4.78 is 0. The number of hydrogen-bond donors (Lipinski definition) is 1. The third kappa shape index (κ3) is 2.25. The molecule has 1 aromatic carbocycles. The van der Waals surface area contributed by atoms with Crippen LogP contribution in [0.2, 0.25) is 0 Å². The van der Waals surface area contributed by atoms with Gasteiger partial charge in [-0.1, -0.05) is 18.2 Å². The summed E-state index contributed by atoms with van der Waals surface area (Å²) in [5, 5.41) is 0. The van der Waals surface area contributed by atoms with Gasteiger partial charge in [-0.3, -0.25) is 4.79 Å². The summed E-state index contributed by atoms with van der Waals surface area (Å²) in [6.45, 7) is 1.37. The van der Waals surface area contributed by atoms with Crippen molar-refractivity contribution in [3.8, 4) is 0 Å². The Hall–Kier alpha value is -1.35. The lowest BCUT2D eigenvalue weighted by atomic mass is 10.1. The molecule has 16 heavy (non-hydrogen) atoms. The van der Waals surface area contributed by atoms with E-state index in [0.717, 1.165) is 31.5 Å². The molecule has 1 aromatic rings. The molecule has 86 valence electrons. The van der Waals surface area contributed by atoms with Crippen molar-refractivity contribution in [2.24, 2.45) is 5.73 Å². The van der Waals surface area contributed by atoms with Gasteiger partial charge in [0, 0.05) is 18.7 Å². The zero-order valence-corrected chi connectivity index (χ0v) is 9.48. The number of rotatable bonds is 3. The van der Waals surface area contributed by atoms with E-state index in [1.54, 1.807) is 0 Å². The summed E-state index contributed by atoms with van der Waals surface area (Å²) in [4.78, 5) is 13.9. The first-order chi connectivity index (χ1) is 7.83. The van der Waals surface area contributed by atoms with Gasteiger partial charge in [-0.25, -0.2) is 0 Å². The van der Waals surface area contributed by atoms with E-state index >= 15 is 0 Å². The van der Waals surface area contributed by atoms with E-state index in [2.05, 4.69) is 6.07 Å². The molecule has 1 aliphatic heterocycles. The van der Waals surface area contributed by atoms with Gasteiger partial charge in [0.15, 0.2) is 0 Å². The molecule has 2 rings (SSSR count). The topological polar surface area (TPSA) is 46.3 Å². The summed E-state index contributed by atoms with van der Waals surface area (Å²) >= 11 is 0. The number of carbonyl (C=O) groups excluding carboxylic acids is 1. The Morgan fingerprint density at radius 2 is 2.06 bits per heavy atom. The van der Waals surface area contributed by atoms with E-state index in [1.807, 2.05) is 23.1 Å². The highest BCUT2D eigenvalue weighted by atomic mass is 16.2. The van der Waals surface area contributed by atoms with Gasteiger partial charge in [-0.2, -0.15) is 0 Å². The average molecular weight is 218 g/mol. The van der Waals surface area contributed by atoms with Crippen LogP contribution in [-0.4, -0.2) is 19.0 Å². The molecule has 0 radical (unpaired) electrons. The fourth-order valence-corrected chi connectivity index (χ4v) is 2.18. The SMILES string of the molecule is NCCCN1C(=O)CCCc2ccccc21. The molecule has 3 nitrogen and oxygen atoms in total. The van der Waals surface area contributed by atoms with Crippen LogP contribution in [0.4, 0.5) is 5.69 Å². The maximum absolute atomic E-state index is 12.0. The van der Waals surface area contributed by atoms with Crippen LogP contribution in [0.25, 0.3) is 0 Å². The summed E-state index contributed by atoms with van der Waals surface area (Å²) in [5.41, 5.74) is 7.88. The zero-order valence-electron chi connectivity index (χ0n) is 9.48. The molecule has 1 heterocycles. The van der Waals surface area contributed by atoms with Gasteiger partial charge in [0.1, 0.15) is 0 Å². The van der Waals surface area contributed by atoms with Crippen LogP contribution in [0.5, 0.6) is 0 Å². The molecular weight excluding hydrogens is 200 g/mol. The van der Waals surface area contributed by atoms with Crippen molar-refractivity contribution in [1.29, 1.82) is 0 Å². The molecule has 0 fully saturated rings. The number of benzene rings is 1. The second-order valence-corrected chi connectivity index (χ2v) is 4.17. The Morgan fingerprint density at radius 3 is 2.88 bits per heavy atom. The molecule has 1 amide bonds. The highest BCUT2D eigenvalue weighted by Crippen LogP contribution is 2.26. The minimum absolute atomic E-state index is 0.235. The number of carbonyl (C=O) groups is 1. The maximum atomic E-state index is 12.0. The molecule has 0 atom stereocenters. The van der Waals surface area contributed by atoms with Crippen molar-refractivity contribution in [3.63, 3.8) is 0 Å². The van der Waals surface area contributed by atoms with Crippen LogP contribution < -0.4 is 10.6 Å². The van der Waals surface area contributed by atoms with E-state index in [0.29, 0.717) is 13.0 Å². The molecule has 0 unspecified atom stereocenters. The fourth-order valence-electron chi connectivity index (χ4n) is 2.18. The molecule has 0 aromatic heterocycles. The van der Waals surface area contributed by atoms with Crippen LogP contribution in [0, 0.1) is 0 Å². The number of anilines is 1. The zero-order chi connectivity index (χ0) is 11.4. The number of nitrogens with two attached hydrogens (primary N) is 1. The maximum Gasteiger partial charge on any atom is 0.226 e. The van der Waals surface area contributed by atoms with Crippen molar-refractivity contribution in [3.05, 3.63) is 29.8 Å². The second-order valence-electron chi connectivity index (χ2n) is 4.17. The Balaban J connectivity index is 2.28. The normalized spacial score (nSPS) is 15.8. The van der Waals surface area contributed by atoms with Crippen molar-refractivity contribution >= 4 is 11.6 Å². The largest absolute Gasteiger partial charge is 0.330 e. The third-order valence-corrected chi connectivity index (χ3v) is 3.01. The number of nitrogens with zero attached hydrogens (tertiary/aromatic N) is 1. The van der Waals surface area contributed by atoms with Gasteiger partial charge in [0.05, 0.1) is 0 Å². The Morgan fingerprint density at radius 1 is 1.25 bits per heavy atom. The number of hydrogen-bond acceptors (Lipinski definition) is 2. The second kappa shape index (κ2) is 5.12. The van der Waals surface area contributed by atoms with Crippen molar-refractivity contribution in [1.82, 2.24) is 0 Å². The van der Waals surface area contributed by atoms with Gasteiger partial charge >= 0.3 is 0 Å². The predicted octanol–water partition coefficient (Wildman–Crippen LogP) is 1.70. The lowest BCUT2D eigenvalue weighted by Crippen LogP contribution is -2.32.